The van der Waals surface area contributed by atoms with Gasteiger partial charge in [-0.3, -0.25) is 4.98 Å². The minimum absolute atomic E-state index is 0.535. The molecule has 0 amide bonds. The third-order valence-electron chi connectivity index (χ3n) is 2.65. The van der Waals surface area contributed by atoms with Gasteiger partial charge in [-0.2, -0.15) is 0 Å². The highest BCUT2D eigenvalue weighted by Crippen LogP contribution is 2.09. The molecule has 0 atom stereocenters. The van der Waals surface area contributed by atoms with Crippen LogP contribution >= 0.6 is 0 Å². The van der Waals surface area contributed by atoms with E-state index in [-0.39, 0.29) is 0 Å². The van der Waals surface area contributed by atoms with Crippen molar-refractivity contribution in [2.45, 2.75) is 6.42 Å². The zero-order valence-electron chi connectivity index (χ0n) is 10.8. The summed E-state index contributed by atoms with van der Waals surface area (Å²) in [5.41, 5.74) is 7.64. The molecule has 3 heteroatoms. The third kappa shape index (κ3) is 4.56. The van der Waals surface area contributed by atoms with Crippen molar-refractivity contribution >= 4 is 6.08 Å². The summed E-state index contributed by atoms with van der Waals surface area (Å²) in [6.07, 6.45) is 6.56. The van der Waals surface area contributed by atoms with Crippen LogP contribution in [0.1, 0.15) is 11.3 Å². The number of nitrogens with zero attached hydrogens (tertiary/aromatic N) is 1. The van der Waals surface area contributed by atoms with Crippen LogP contribution in [0.25, 0.3) is 6.08 Å². The molecule has 0 radical (unpaired) electrons. The summed E-state index contributed by atoms with van der Waals surface area (Å²) in [6, 6.07) is 14.0. The van der Waals surface area contributed by atoms with Crippen molar-refractivity contribution in [3.05, 3.63) is 66.0 Å². The average molecular weight is 254 g/mol. The average Bonchev–Trinajstić information content (AvgIpc) is 2.47. The molecule has 19 heavy (non-hydrogen) atoms. The second kappa shape index (κ2) is 7.34. The molecule has 0 bridgehead atoms. The number of rotatable bonds is 6. The summed E-state index contributed by atoms with van der Waals surface area (Å²) < 4.78 is 5.58. The number of hydrogen-bond acceptors (Lipinski definition) is 3. The smallest absolute Gasteiger partial charge is 0.138 e. The largest absolute Gasteiger partial charge is 0.488 e. The van der Waals surface area contributed by atoms with Crippen molar-refractivity contribution in [1.29, 1.82) is 0 Å². The predicted octanol–water partition coefficient (Wildman–Crippen LogP) is 2.68. The molecule has 0 unspecified atom stereocenters. The van der Waals surface area contributed by atoms with Gasteiger partial charge in [-0.25, -0.2) is 0 Å². The van der Waals surface area contributed by atoms with E-state index in [1.165, 1.54) is 5.56 Å². The van der Waals surface area contributed by atoms with Crippen molar-refractivity contribution in [2.24, 2.45) is 5.73 Å². The van der Waals surface area contributed by atoms with E-state index >= 15 is 0 Å². The van der Waals surface area contributed by atoms with Gasteiger partial charge in [0.2, 0.25) is 0 Å². The second-order valence-corrected chi connectivity index (χ2v) is 4.15. The number of benzene rings is 1. The molecule has 0 aliphatic heterocycles. The zero-order valence-corrected chi connectivity index (χ0v) is 10.8. The van der Waals surface area contributed by atoms with Crippen LogP contribution in [0.15, 0.2) is 54.7 Å². The Bertz CT molecular complexity index is 506. The van der Waals surface area contributed by atoms with Crippen molar-refractivity contribution in [1.82, 2.24) is 4.98 Å². The summed E-state index contributed by atoms with van der Waals surface area (Å²) in [5.74, 6) is 0.776. The van der Waals surface area contributed by atoms with E-state index in [9.17, 15) is 0 Å². The molecule has 0 fully saturated rings. The van der Waals surface area contributed by atoms with Crippen LogP contribution in [-0.2, 0) is 6.42 Å². The normalized spacial score (nSPS) is 10.8. The van der Waals surface area contributed by atoms with E-state index in [1.807, 2.05) is 42.5 Å². The molecule has 2 rings (SSSR count). The lowest BCUT2D eigenvalue weighted by Crippen LogP contribution is -2.04. The topological polar surface area (TPSA) is 48.1 Å². The molecule has 1 aromatic carbocycles. The first-order valence-corrected chi connectivity index (χ1v) is 6.38. The second-order valence-electron chi connectivity index (χ2n) is 4.15. The quantitative estimate of drug-likeness (QED) is 0.862. The first-order chi connectivity index (χ1) is 9.38. The summed E-state index contributed by atoms with van der Waals surface area (Å²) in [7, 11) is 0. The summed E-state index contributed by atoms with van der Waals surface area (Å²) >= 11 is 0. The van der Waals surface area contributed by atoms with Crippen LogP contribution in [-0.4, -0.2) is 18.1 Å². The molecule has 0 aliphatic rings. The number of pyridine rings is 1. The van der Waals surface area contributed by atoms with Gasteiger partial charge < -0.3 is 10.5 Å². The van der Waals surface area contributed by atoms with Gasteiger partial charge in [0.05, 0.1) is 6.20 Å². The minimum Gasteiger partial charge on any atom is -0.488 e. The van der Waals surface area contributed by atoms with Crippen LogP contribution in [0, 0.1) is 0 Å². The maximum Gasteiger partial charge on any atom is 0.138 e. The van der Waals surface area contributed by atoms with Crippen molar-refractivity contribution in [3.8, 4) is 5.75 Å². The first-order valence-electron chi connectivity index (χ1n) is 6.38. The van der Waals surface area contributed by atoms with E-state index in [1.54, 1.807) is 6.20 Å². The van der Waals surface area contributed by atoms with Crippen molar-refractivity contribution < 1.29 is 4.74 Å². The standard InChI is InChI=1S/C16H18N2O/c17-11-10-15-8-9-16(13-18-15)19-12-4-7-14-5-2-1-3-6-14/h1-9,13H,10-12,17H2. The van der Waals surface area contributed by atoms with E-state index < -0.39 is 0 Å². The minimum atomic E-state index is 0.535. The Hall–Kier alpha value is -2.13. The Morgan fingerprint density at radius 3 is 2.63 bits per heavy atom. The van der Waals surface area contributed by atoms with Gasteiger partial charge in [0.25, 0.3) is 0 Å². The molecule has 0 saturated heterocycles. The van der Waals surface area contributed by atoms with Gasteiger partial charge in [-0.1, -0.05) is 36.4 Å². The highest BCUT2D eigenvalue weighted by atomic mass is 16.5. The molecule has 0 spiro atoms. The van der Waals surface area contributed by atoms with Gasteiger partial charge in [0.15, 0.2) is 0 Å². The number of aromatic nitrogens is 1. The van der Waals surface area contributed by atoms with Gasteiger partial charge in [0.1, 0.15) is 12.4 Å². The molecule has 0 saturated carbocycles. The fourth-order valence-electron chi connectivity index (χ4n) is 1.68. The fourth-order valence-corrected chi connectivity index (χ4v) is 1.68. The Balaban J connectivity index is 1.81. The predicted molar refractivity (Wildman–Crippen MR) is 78.0 cm³/mol. The highest BCUT2D eigenvalue weighted by molar-refractivity contribution is 5.48. The van der Waals surface area contributed by atoms with Crippen LogP contribution in [0.5, 0.6) is 5.75 Å². The van der Waals surface area contributed by atoms with E-state index in [2.05, 4.69) is 17.1 Å². The summed E-state index contributed by atoms with van der Waals surface area (Å²) in [4.78, 5) is 4.28. The molecule has 2 aromatic rings. The van der Waals surface area contributed by atoms with Crippen LogP contribution in [0.4, 0.5) is 0 Å². The molecule has 0 aliphatic carbocycles. The summed E-state index contributed by atoms with van der Waals surface area (Å²) in [5, 5.41) is 0. The molecule has 3 nitrogen and oxygen atoms in total. The first kappa shape index (κ1) is 13.3. The Labute approximate surface area is 113 Å². The number of nitrogens with two attached hydrogens (primary N) is 1. The van der Waals surface area contributed by atoms with Crippen LogP contribution < -0.4 is 10.5 Å². The lowest BCUT2D eigenvalue weighted by atomic mass is 10.2. The molecule has 2 N–H and O–H groups in total. The van der Waals surface area contributed by atoms with Crippen molar-refractivity contribution in [3.63, 3.8) is 0 Å². The lowest BCUT2D eigenvalue weighted by Gasteiger charge is -2.03. The maximum absolute atomic E-state index is 5.58. The maximum atomic E-state index is 5.58. The van der Waals surface area contributed by atoms with Crippen LogP contribution in [0.3, 0.4) is 0 Å². The molecule has 1 heterocycles. The molecular weight excluding hydrogens is 236 g/mol. The van der Waals surface area contributed by atoms with E-state index in [0.29, 0.717) is 13.2 Å². The van der Waals surface area contributed by atoms with E-state index in [0.717, 1.165) is 17.9 Å². The Kier molecular flexibility index (Phi) is 5.14. The molecular formula is C16H18N2O. The number of ether oxygens (including phenoxy) is 1. The Morgan fingerprint density at radius 2 is 1.95 bits per heavy atom. The molecule has 1 aromatic heterocycles. The summed E-state index contributed by atoms with van der Waals surface area (Å²) in [6.45, 7) is 1.15. The van der Waals surface area contributed by atoms with E-state index in [4.69, 9.17) is 10.5 Å². The van der Waals surface area contributed by atoms with Crippen molar-refractivity contribution in [2.75, 3.05) is 13.2 Å². The zero-order chi connectivity index (χ0) is 13.3. The number of hydrogen-bond donors (Lipinski definition) is 1. The third-order valence-corrected chi connectivity index (χ3v) is 2.65. The van der Waals surface area contributed by atoms with Gasteiger partial charge in [-0.05, 0) is 30.3 Å². The Morgan fingerprint density at radius 1 is 1.11 bits per heavy atom. The van der Waals surface area contributed by atoms with Gasteiger partial charge in [0, 0.05) is 12.1 Å². The highest BCUT2D eigenvalue weighted by Gasteiger charge is 1.95. The van der Waals surface area contributed by atoms with Crippen LogP contribution in [0.2, 0.25) is 0 Å². The fraction of sp³-hybridized carbons (Fsp3) is 0.188. The van der Waals surface area contributed by atoms with Gasteiger partial charge in [-0.15, -0.1) is 0 Å². The SMILES string of the molecule is NCCc1ccc(OCC=Cc2ccccc2)cn1. The lowest BCUT2D eigenvalue weighted by molar-refractivity contribution is 0.362. The molecule has 98 valence electrons. The monoisotopic (exact) mass is 254 g/mol. The van der Waals surface area contributed by atoms with Gasteiger partial charge >= 0.3 is 0 Å².